The molecule has 4 heteroatoms. The summed E-state index contributed by atoms with van der Waals surface area (Å²) in [5.41, 5.74) is 3.06. The number of carbonyl (C=O) groups excluding carboxylic acids is 1. The summed E-state index contributed by atoms with van der Waals surface area (Å²) >= 11 is 3.50. The average Bonchev–Trinajstić information content (AvgIpc) is 3.33. The minimum atomic E-state index is -0.373. The molecule has 0 bridgehead atoms. The van der Waals surface area contributed by atoms with E-state index in [-0.39, 0.29) is 11.9 Å². The summed E-state index contributed by atoms with van der Waals surface area (Å²) in [6, 6.07) is 15.9. The zero-order chi connectivity index (χ0) is 15.5. The molecule has 3 nitrogen and oxygen atoms in total. The molecule has 0 spiro atoms. The van der Waals surface area contributed by atoms with E-state index in [1.54, 1.807) is 0 Å². The van der Waals surface area contributed by atoms with Crippen LogP contribution in [-0.4, -0.2) is 11.9 Å². The topological polar surface area (TPSA) is 41.1 Å². The SMILES string of the molecule is Cc1cc(NC(C(=O)NC2CC2)c2ccccc2)ccc1Br. The highest BCUT2D eigenvalue weighted by Gasteiger charge is 2.28. The van der Waals surface area contributed by atoms with Crippen LogP contribution in [0.3, 0.4) is 0 Å². The highest BCUT2D eigenvalue weighted by atomic mass is 79.9. The molecular weight excluding hydrogens is 340 g/mol. The number of amides is 1. The second kappa shape index (κ2) is 6.53. The van der Waals surface area contributed by atoms with Crippen molar-refractivity contribution in [1.29, 1.82) is 0 Å². The van der Waals surface area contributed by atoms with Crippen LogP contribution in [0, 0.1) is 6.92 Å². The van der Waals surface area contributed by atoms with Crippen LogP contribution in [0.2, 0.25) is 0 Å². The van der Waals surface area contributed by atoms with Gasteiger partial charge in [0.25, 0.3) is 0 Å². The third-order valence-corrected chi connectivity index (χ3v) is 4.68. The van der Waals surface area contributed by atoms with E-state index >= 15 is 0 Å². The Balaban J connectivity index is 1.83. The van der Waals surface area contributed by atoms with Crippen molar-refractivity contribution in [3.63, 3.8) is 0 Å². The van der Waals surface area contributed by atoms with Gasteiger partial charge in [0.15, 0.2) is 0 Å². The molecule has 22 heavy (non-hydrogen) atoms. The summed E-state index contributed by atoms with van der Waals surface area (Å²) in [5.74, 6) is 0.0364. The summed E-state index contributed by atoms with van der Waals surface area (Å²) in [6.07, 6.45) is 2.18. The molecule has 1 unspecified atom stereocenters. The van der Waals surface area contributed by atoms with Gasteiger partial charge < -0.3 is 10.6 Å². The van der Waals surface area contributed by atoms with Crippen LogP contribution in [0.5, 0.6) is 0 Å². The molecule has 2 aromatic carbocycles. The van der Waals surface area contributed by atoms with Gasteiger partial charge in [-0.1, -0.05) is 46.3 Å². The van der Waals surface area contributed by atoms with E-state index in [1.807, 2.05) is 55.5 Å². The standard InChI is InChI=1S/C18H19BrN2O/c1-12-11-15(9-10-16(12)19)20-17(13-5-3-2-4-6-13)18(22)21-14-7-8-14/h2-6,9-11,14,17,20H,7-8H2,1H3,(H,21,22). The molecule has 1 fully saturated rings. The smallest absolute Gasteiger partial charge is 0.247 e. The Bertz CT molecular complexity index is 668. The molecule has 0 aliphatic heterocycles. The summed E-state index contributed by atoms with van der Waals surface area (Å²) < 4.78 is 1.07. The molecule has 0 heterocycles. The predicted octanol–water partition coefficient (Wildman–Crippen LogP) is 4.19. The average molecular weight is 359 g/mol. The zero-order valence-electron chi connectivity index (χ0n) is 12.5. The predicted molar refractivity (Wildman–Crippen MR) is 92.8 cm³/mol. The molecule has 114 valence electrons. The minimum Gasteiger partial charge on any atom is -0.370 e. The Morgan fingerprint density at radius 3 is 2.55 bits per heavy atom. The highest BCUT2D eigenvalue weighted by Crippen LogP contribution is 2.26. The Hall–Kier alpha value is -1.81. The fourth-order valence-corrected chi connectivity index (χ4v) is 2.61. The number of benzene rings is 2. The maximum absolute atomic E-state index is 12.6. The number of nitrogens with one attached hydrogen (secondary N) is 2. The number of halogens is 1. The molecule has 0 aromatic heterocycles. The second-order valence-electron chi connectivity index (χ2n) is 5.73. The first kappa shape index (κ1) is 15.1. The van der Waals surface area contributed by atoms with Crippen LogP contribution in [0.25, 0.3) is 0 Å². The maximum Gasteiger partial charge on any atom is 0.247 e. The summed E-state index contributed by atoms with van der Waals surface area (Å²) in [6.45, 7) is 2.04. The van der Waals surface area contributed by atoms with Crippen molar-refractivity contribution in [1.82, 2.24) is 5.32 Å². The molecule has 1 amide bonds. The Labute approximate surface area is 139 Å². The first-order chi connectivity index (χ1) is 10.6. The van der Waals surface area contributed by atoms with E-state index in [0.29, 0.717) is 6.04 Å². The van der Waals surface area contributed by atoms with Gasteiger partial charge in [-0.15, -0.1) is 0 Å². The van der Waals surface area contributed by atoms with E-state index in [0.717, 1.165) is 34.1 Å². The molecule has 1 aliphatic carbocycles. The number of hydrogen-bond donors (Lipinski definition) is 2. The Morgan fingerprint density at radius 1 is 1.18 bits per heavy atom. The second-order valence-corrected chi connectivity index (χ2v) is 6.59. The molecule has 1 atom stereocenters. The van der Waals surface area contributed by atoms with Gasteiger partial charge in [0, 0.05) is 16.2 Å². The molecule has 3 rings (SSSR count). The monoisotopic (exact) mass is 358 g/mol. The number of carbonyl (C=O) groups is 1. The highest BCUT2D eigenvalue weighted by molar-refractivity contribution is 9.10. The Morgan fingerprint density at radius 2 is 1.91 bits per heavy atom. The van der Waals surface area contributed by atoms with Crippen LogP contribution in [0.1, 0.15) is 30.0 Å². The summed E-state index contributed by atoms with van der Waals surface area (Å²) in [4.78, 5) is 12.6. The van der Waals surface area contributed by atoms with Crippen LogP contribution < -0.4 is 10.6 Å². The van der Waals surface area contributed by atoms with Crippen molar-refractivity contribution in [2.24, 2.45) is 0 Å². The van der Waals surface area contributed by atoms with Crippen LogP contribution in [0.15, 0.2) is 53.0 Å². The number of rotatable bonds is 5. The summed E-state index contributed by atoms with van der Waals surface area (Å²) in [7, 11) is 0. The lowest BCUT2D eigenvalue weighted by Gasteiger charge is -2.20. The first-order valence-corrected chi connectivity index (χ1v) is 8.31. The van der Waals surface area contributed by atoms with E-state index in [9.17, 15) is 4.79 Å². The van der Waals surface area contributed by atoms with E-state index < -0.39 is 0 Å². The van der Waals surface area contributed by atoms with Gasteiger partial charge in [0.05, 0.1) is 0 Å². The lowest BCUT2D eigenvalue weighted by atomic mass is 10.1. The molecule has 0 saturated heterocycles. The van der Waals surface area contributed by atoms with Crippen molar-refractivity contribution >= 4 is 27.5 Å². The van der Waals surface area contributed by atoms with Crippen molar-refractivity contribution in [2.45, 2.75) is 31.8 Å². The van der Waals surface area contributed by atoms with Crippen molar-refractivity contribution in [2.75, 3.05) is 5.32 Å². The molecule has 2 aromatic rings. The molecule has 1 aliphatic rings. The number of aryl methyl sites for hydroxylation is 1. The first-order valence-electron chi connectivity index (χ1n) is 7.51. The van der Waals surface area contributed by atoms with Gasteiger partial charge in [-0.2, -0.15) is 0 Å². The molecule has 2 N–H and O–H groups in total. The number of anilines is 1. The lowest BCUT2D eigenvalue weighted by molar-refractivity contribution is -0.122. The van der Waals surface area contributed by atoms with Gasteiger partial charge >= 0.3 is 0 Å². The third-order valence-electron chi connectivity index (χ3n) is 3.79. The third kappa shape index (κ3) is 3.69. The molecule has 0 radical (unpaired) electrons. The van der Waals surface area contributed by atoms with Crippen molar-refractivity contribution < 1.29 is 4.79 Å². The van der Waals surface area contributed by atoms with Crippen LogP contribution in [-0.2, 0) is 4.79 Å². The zero-order valence-corrected chi connectivity index (χ0v) is 14.1. The maximum atomic E-state index is 12.6. The number of hydrogen-bond acceptors (Lipinski definition) is 2. The van der Waals surface area contributed by atoms with Gasteiger partial charge in [0.2, 0.25) is 5.91 Å². The normalized spacial score (nSPS) is 15.2. The van der Waals surface area contributed by atoms with Gasteiger partial charge in [0.1, 0.15) is 6.04 Å². The van der Waals surface area contributed by atoms with Crippen LogP contribution >= 0.6 is 15.9 Å². The van der Waals surface area contributed by atoms with E-state index in [1.165, 1.54) is 0 Å². The van der Waals surface area contributed by atoms with Crippen molar-refractivity contribution in [3.05, 3.63) is 64.1 Å². The molecule has 1 saturated carbocycles. The van der Waals surface area contributed by atoms with Gasteiger partial charge in [-0.3, -0.25) is 4.79 Å². The van der Waals surface area contributed by atoms with Gasteiger partial charge in [-0.05, 0) is 49.1 Å². The minimum absolute atomic E-state index is 0.0364. The lowest BCUT2D eigenvalue weighted by Crippen LogP contribution is -2.34. The fraction of sp³-hybridized carbons (Fsp3) is 0.278. The van der Waals surface area contributed by atoms with Crippen molar-refractivity contribution in [3.8, 4) is 0 Å². The summed E-state index contributed by atoms with van der Waals surface area (Å²) in [5, 5.41) is 6.45. The molecular formula is C18H19BrN2O. The quantitative estimate of drug-likeness (QED) is 0.841. The Kier molecular flexibility index (Phi) is 4.48. The van der Waals surface area contributed by atoms with E-state index in [4.69, 9.17) is 0 Å². The van der Waals surface area contributed by atoms with Gasteiger partial charge in [-0.25, -0.2) is 0 Å². The fourth-order valence-electron chi connectivity index (χ4n) is 2.36. The van der Waals surface area contributed by atoms with Crippen LogP contribution in [0.4, 0.5) is 5.69 Å². The largest absolute Gasteiger partial charge is 0.370 e. The van der Waals surface area contributed by atoms with E-state index in [2.05, 4.69) is 26.6 Å².